The number of aromatic hydroxyl groups is 1. The predicted octanol–water partition coefficient (Wildman–Crippen LogP) is 2.94. The summed E-state index contributed by atoms with van der Waals surface area (Å²) in [5.74, 6) is 0.968. The van der Waals surface area contributed by atoms with E-state index in [2.05, 4.69) is 0 Å². The summed E-state index contributed by atoms with van der Waals surface area (Å²) in [6.07, 6.45) is 5.56. The number of anilines is 1. The third-order valence-corrected chi connectivity index (χ3v) is 3.55. The lowest BCUT2D eigenvalue weighted by Gasteiger charge is -2.19. The molecule has 1 aliphatic rings. The molecular formula is C14H19NO2. The summed E-state index contributed by atoms with van der Waals surface area (Å²) in [7, 11) is 1.80. The average Bonchev–Trinajstić information content (AvgIpc) is 2.82. The van der Waals surface area contributed by atoms with Gasteiger partial charge >= 0.3 is 0 Å². The van der Waals surface area contributed by atoms with Crippen molar-refractivity contribution < 1.29 is 9.90 Å². The molecule has 1 N–H and O–H groups in total. The lowest BCUT2D eigenvalue weighted by atomic mass is 10.0. The highest BCUT2D eigenvalue weighted by Crippen LogP contribution is 2.28. The van der Waals surface area contributed by atoms with Gasteiger partial charge in [0.15, 0.2) is 0 Å². The Morgan fingerprint density at radius 3 is 2.47 bits per heavy atom. The molecule has 0 radical (unpaired) electrons. The van der Waals surface area contributed by atoms with E-state index in [1.807, 2.05) is 0 Å². The van der Waals surface area contributed by atoms with Crippen LogP contribution in [0.5, 0.6) is 5.75 Å². The summed E-state index contributed by atoms with van der Waals surface area (Å²) in [6.45, 7) is 0. The third kappa shape index (κ3) is 2.99. The summed E-state index contributed by atoms with van der Waals surface area (Å²) in [6, 6.07) is 6.74. The molecule has 1 fully saturated rings. The molecule has 0 bridgehead atoms. The van der Waals surface area contributed by atoms with Gasteiger partial charge in [0.2, 0.25) is 5.91 Å². The van der Waals surface area contributed by atoms with Crippen LogP contribution in [0.1, 0.15) is 32.1 Å². The van der Waals surface area contributed by atoms with Gasteiger partial charge in [-0.15, -0.1) is 0 Å². The Labute approximate surface area is 102 Å². The Bertz CT molecular complexity index is 380. The van der Waals surface area contributed by atoms with Gasteiger partial charge in [0.25, 0.3) is 0 Å². The fraction of sp³-hybridized carbons (Fsp3) is 0.500. The van der Waals surface area contributed by atoms with E-state index in [-0.39, 0.29) is 11.7 Å². The Morgan fingerprint density at radius 1 is 1.29 bits per heavy atom. The van der Waals surface area contributed by atoms with E-state index < -0.39 is 0 Å². The lowest BCUT2D eigenvalue weighted by Crippen LogP contribution is -2.27. The Hall–Kier alpha value is -1.51. The van der Waals surface area contributed by atoms with Gasteiger partial charge < -0.3 is 10.0 Å². The highest BCUT2D eigenvalue weighted by molar-refractivity contribution is 5.92. The topological polar surface area (TPSA) is 40.5 Å². The minimum atomic E-state index is 0.169. The van der Waals surface area contributed by atoms with Crippen LogP contribution in [0.4, 0.5) is 5.69 Å². The van der Waals surface area contributed by atoms with Crippen molar-refractivity contribution in [1.29, 1.82) is 0 Å². The molecule has 17 heavy (non-hydrogen) atoms. The van der Waals surface area contributed by atoms with Crippen molar-refractivity contribution in [3.63, 3.8) is 0 Å². The number of hydrogen-bond acceptors (Lipinski definition) is 2. The molecule has 1 aromatic rings. The van der Waals surface area contributed by atoms with Crippen LogP contribution in [-0.2, 0) is 4.79 Å². The molecule has 1 aliphatic carbocycles. The number of carbonyl (C=O) groups is 1. The lowest BCUT2D eigenvalue weighted by molar-refractivity contribution is -0.119. The zero-order chi connectivity index (χ0) is 12.3. The van der Waals surface area contributed by atoms with Gasteiger partial charge in [-0.2, -0.15) is 0 Å². The summed E-state index contributed by atoms with van der Waals surface area (Å²) >= 11 is 0. The SMILES string of the molecule is CN(C(=O)CC1CCCC1)c1ccc(O)cc1. The summed E-state index contributed by atoms with van der Waals surface area (Å²) in [5, 5.41) is 9.20. The second kappa shape index (κ2) is 5.21. The Balaban J connectivity index is 1.96. The molecule has 0 heterocycles. The predicted molar refractivity (Wildman–Crippen MR) is 68.1 cm³/mol. The van der Waals surface area contributed by atoms with Gasteiger partial charge in [0.1, 0.15) is 5.75 Å². The minimum absolute atomic E-state index is 0.169. The fourth-order valence-electron chi connectivity index (χ4n) is 2.42. The van der Waals surface area contributed by atoms with Crippen LogP contribution in [-0.4, -0.2) is 18.1 Å². The van der Waals surface area contributed by atoms with Gasteiger partial charge in [0.05, 0.1) is 0 Å². The minimum Gasteiger partial charge on any atom is -0.508 e. The standard InChI is InChI=1S/C14H19NO2/c1-15(12-6-8-13(16)9-7-12)14(17)10-11-4-2-3-5-11/h6-9,11,16H,2-5,10H2,1H3. The van der Waals surface area contributed by atoms with Gasteiger partial charge in [0, 0.05) is 19.2 Å². The maximum atomic E-state index is 12.0. The first-order valence-corrected chi connectivity index (χ1v) is 6.22. The van der Waals surface area contributed by atoms with E-state index >= 15 is 0 Å². The van der Waals surface area contributed by atoms with E-state index in [9.17, 15) is 9.90 Å². The molecule has 3 nitrogen and oxygen atoms in total. The second-order valence-electron chi connectivity index (χ2n) is 4.82. The van der Waals surface area contributed by atoms with Crippen LogP contribution in [0, 0.1) is 5.92 Å². The number of phenolic OH excluding ortho intramolecular Hbond substituents is 1. The summed E-state index contributed by atoms with van der Waals surface area (Å²) in [4.78, 5) is 13.7. The smallest absolute Gasteiger partial charge is 0.226 e. The van der Waals surface area contributed by atoms with E-state index in [1.54, 1.807) is 36.2 Å². The van der Waals surface area contributed by atoms with E-state index in [4.69, 9.17) is 0 Å². The molecule has 1 aromatic carbocycles. The van der Waals surface area contributed by atoms with Crippen LogP contribution in [0.15, 0.2) is 24.3 Å². The molecule has 0 unspecified atom stereocenters. The number of amides is 1. The van der Waals surface area contributed by atoms with Crippen molar-refractivity contribution in [3.8, 4) is 5.75 Å². The number of phenols is 1. The molecule has 0 saturated heterocycles. The second-order valence-corrected chi connectivity index (χ2v) is 4.82. The van der Waals surface area contributed by atoms with Crippen molar-refractivity contribution in [2.45, 2.75) is 32.1 Å². The van der Waals surface area contributed by atoms with Crippen LogP contribution in [0.3, 0.4) is 0 Å². The summed E-state index contributed by atoms with van der Waals surface area (Å²) in [5.41, 5.74) is 0.839. The number of benzene rings is 1. The normalized spacial score (nSPS) is 16.1. The van der Waals surface area contributed by atoms with E-state index in [0.717, 1.165) is 5.69 Å². The molecule has 92 valence electrons. The van der Waals surface area contributed by atoms with Crippen LogP contribution in [0.2, 0.25) is 0 Å². The molecule has 0 spiro atoms. The van der Waals surface area contributed by atoms with Gasteiger partial charge in [-0.3, -0.25) is 4.79 Å². The maximum Gasteiger partial charge on any atom is 0.226 e. The third-order valence-electron chi connectivity index (χ3n) is 3.55. The highest BCUT2D eigenvalue weighted by Gasteiger charge is 2.20. The Morgan fingerprint density at radius 2 is 1.88 bits per heavy atom. The van der Waals surface area contributed by atoms with Crippen molar-refractivity contribution in [1.82, 2.24) is 0 Å². The Kier molecular flexibility index (Phi) is 3.67. The van der Waals surface area contributed by atoms with Crippen molar-refractivity contribution >= 4 is 11.6 Å². The molecule has 2 rings (SSSR count). The first-order valence-electron chi connectivity index (χ1n) is 6.22. The van der Waals surface area contributed by atoms with Crippen molar-refractivity contribution in [2.75, 3.05) is 11.9 Å². The molecule has 1 amide bonds. The van der Waals surface area contributed by atoms with Crippen LogP contribution < -0.4 is 4.90 Å². The zero-order valence-electron chi connectivity index (χ0n) is 10.2. The highest BCUT2D eigenvalue weighted by atomic mass is 16.3. The van der Waals surface area contributed by atoms with Crippen molar-refractivity contribution in [3.05, 3.63) is 24.3 Å². The number of hydrogen-bond donors (Lipinski definition) is 1. The monoisotopic (exact) mass is 233 g/mol. The summed E-state index contributed by atoms with van der Waals surface area (Å²) < 4.78 is 0. The fourth-order valence-corrected chi connectivity index (χ4v) is 2.42. The number of carbonyl (C=O) groups excluding carboxylic acids is 1. The molecular weight excluding hydrogens is 214 g/mol. The van der Waals surface area contributed by atoms with E-state index in [0.29, 0.717) is 12.3 Å². The average molecular weight is 233 g/mol. The van der Waals surface area contributed by atoms with Crippen LogP contribution in [0.25, 0.3) is 0 Å². The molecule has 0 atom stereocenters. The van der Waals surface area contributed by atoms with Gasteiger partial charge in [-0.05, 0) is 43.0 Å². The first-order chi connectivity index (χ1) is 8.16. The zero-order valence-corrected chi connectivity index (χ0v) is 10.2. The molecule has 1 saturated carbocycles. The van der Waals surface area contributed by atoms with Gasteiger partial charge in [-0.1, -0.05) is 12.8 Å². The number of rotatable bonds is 3. The molecule has 0 aromatic heterocycles. The quantitative estimate of drug-likeness (QED) is 0.872. The van der Waals surface area contributed by atoms with Crippen molar-refractivity contribution in [2.24, 2.45) is 5.92 Å². The van der Waals surface area contributed by atoms with E-state index in [1.165, 1.54) is 25.7 Å². The molecule has 0 aliphatic heterocycles. The molecule has 3 heteroatoms. The largest absolute Gasteiger partial charge is 0.508 e. The van der Waals surface area contributed by atoms with Gasteiger partial charge in [-0.25, -0.2) is 0 Å². The maximum absolute atomic E-state index is 12.0. The van der Waals surface area contributed by atoms with Crippen LogP contribution >= 0.6 is 0 Å². The first kappa shape index (κ1) is 12.0. The number of nitrogens with zero attached hydrogens (tertiary/aromatic N) is 1.